The summed E-state index contributed by atoms with van der Waals surface area (Å²) in [5.74, 6) is 0.656. The second kappa shape index (κ2) is 7.97. The third-order valence-electron chi connectivity index (χ3n) is 2.66. The molecule has 0 saturated carbocycles. The topological polar surface area (TPSA) is 59.1 Å². The molecule has 0 aliphatic heterocycles. The van der Waals surface area contributed by atoms with Gasteiger partial charge in [0.25, 0.3) is 0 Å². The lowest BCUT2D eigenvalue weighted by Crippen LogP contribution is -2.32. The van der Waals surface area contributed by atoms with Crippen LogP contribution in [0, 0.1) is 5.92 Å². The molecule has 1 heterocycles. The summed E-state index contributed by atoms with van der Waals surface area (Å²) < 4.78 is 26.3. The number of halogens is 1. The summed E-state index contributed by atoms with van der Waals surface area (Å²) >= 11 is 3.49. The molecule has 108 valence electrons. The number of nitrogens with one attached hydrogen (secondary N) is 1. The fourth-order valence-corrected chi connectivity index (χ4v) is 3.91. The molecule has 1 atom stereocenters. The summed E-state index contributed by atoms with van der Waals surface area (Å²) in [6.07, 6.45) is 4.81. The lowest BCUT2D eigenvalue weighted by Gasteiger charge is -2.13. The van der Waals surface area contributed by atoms with Crippen LogP contribution in [0.25, 0.3) is 0 Å². The van der Waals surface area contributed by atoms with E-state index in [9.17, 15) is 8.42 Å². The van der Waals surface area contributed by atoms with E-state index >= 15 is 0 Å². The number of pyridine rings is 1. The van der Waals surface area contributed by atoms with Gasteiger partial charge in [0.05, 0.1) is 5.75 Å². The molecule has 0 amide bonds. The standard InChI is InChI=1S/C13H21BrN2O2S/c1-11(2)9-13(14)10-16-19(17,18)8-5-12-3-6-15-7-4-12/h3-4,6-7,11,13,16H,5,8-10H2,1-2H3. The first-order valence-electron chi connectivity index (χ1n) is 6.39. The summed E-state index contributed by atoms with van der Waals surface area (Å²) in [5.41, 5.74) is 0.984. The molecule has 0 fully saturated rings. The minimum absolute atomic E-state index is 0.110. The van der Waals surface area contributed by atoms with Crippen LogP contribution in [-0.4, -0.2) is 30.5 Å². The molecular weight excluding hydrogens is 328 g/mol. The van der Waals surface area contributed by atoms with E-state index in [4.69, 9.17) is 0 Å². The number of hydrogen-bond donors (Lipinski definition) is 1. The van der Waals surface area contributed by atoms with Crippen LogP contribution in [0.4, 0.5) is 0 Å². The van der Waals surface area contributed by atoms with Gasteiger partial charge in [-0.2, -0.15) is 0 Å². The van der Waals surface area contributed by atoms with Gasteiger partial charge in [-0.15, -0.1) is 0 Å². The van der Waals surface area contributed by atoms with Crippen LogP contribution in [0.5, 0.6) is 0 Å². The quantitative estimate of drug-likeness (QED) is 0.733. The average Bonchev–Trinajstić information content (AvgIpc) is 2.35. The van der Waals surface area contributed by atoms with Gasteiger partial charge in [0, 0.05) is 23.8 Å². The lowest BCUT2D eigenvalue weighted by atomic mass is 10.1. The van der Waals surface area contributed by atoms with Crippen molar-refractivity contribution < 1.29 is 8.42 Å². The molecule has 1 aromatic rings. The van der Waals surface area contributed by atoms with E-state index in [1.54, 1.807) is 12.4 Å². The van der Waals surface area contributed by atoms with Gasteiger partial charge >= 0.3 is 0 Å². The van der Waals surface area contributed by atoms with Crippen molar-refractivity contribution in [2.45, 2.75) is 31.5 Å². The molecular formula is C13H21BrN2O2S. The van der Waals surface area contributed by atoms with Crippen LogP contribution in [0.1, 0.15) is 25.8 Å². The SMILES string of the molecule is CC(C)CC(Br)CNS(=O)(=O)CCc1ccncc1. The fourth-order valence-electron chi connectivity index (χ4n) is 1.69. The average molecular weight is 349 g/mol. The maximum atomic E-state index is 11.8. The van der Waals surface area contributed by atoms with Crippen molar-refractivity contribution in [1.82, 2.24) is 9.71 Å². The molecule has 19 heavy (non-hydrogen) atoms. The Morgan fingerprint density at radius 2 is 1.95 bits per heavy atom. The molecule has 0 aliphatic rings. The number of aryl methyl sites for hydroxylation is 1. The number of nitrogens with zero attached hydrogens (tertiary/aromatic N) is 1. The summed E-state index contributed by atoms with van der Waals surface area (Å²) in [5, 5.41) is 0. The molecule has 6 heteroatoms. The van der Waals surface area contributed by atoms with Gasteiger partial charge < -0.3 is 0 Å². The summed E-state index contributed by atoms with van der Waals surface area (Å²) in [6.45, 7) is 4.68. The van der Waals surface area contributed by atoms with Crippen molar-refractivity contribution in [3.63, 3.8) is 0 Å². The fraction of sp³-hybridized carbons (Fsp3) is 0.615. The van der Waals surface area contributed by atoms with E-state index in [-0.39, 0.29) is 10.6 Å². The first-order valence-corrected chi connectivity index (χ1v) is 8.96. The van der Waals surface area contributed by atoms with Gasteiger partial charge in [-0.3, -0.25) is 4.98 Å². The third-order valence-corrected chi connectivity index (χ3v) is 4.71. The second-order valence-electron chi connectivity index (χ2n) is 5.00. The molecule has 0 bridgehead atoms. The van der Waals surface area contributed by atoms with Crippen LogP contribution in [-0.2, 0) is 16.4 Å². The van der Waals surface area contributed by atoms with Crippen LogP contribution in [0.2, 0.25) is 0 Å². The van der Waals surface area contributed by atoms with Crippen LogP contribution >= 0.6 is 15.9 Å². The lowest BCUT2D eigenvalue weighted by molar-refractivity contribution is 0.551. The van der Waals surface area contributed by atoms with E-state index in [1.807, 2.05) is 12.1 Å². The van der Waals surface area contributed by atoms with E-state index in [2.05, 4.69) is 39.5 Å². The summed E-state index contributed by atoms with van der Waals surface area (Å²) in [7, 11) is -3.21. The van der Waals surface area contributed by atoms with Gasteiger partial charge in [-0.05, 0) is 36.5 Å². The van der Waals surface area contributed by atoms with Crippen LogP contribution in [0.15, 0.2) is 24.5 Å². The molecule has 1 aromatic heterocycles. The Morgan fingerprint density at radius 3 is 2.53 bits per heavy atom. The Bertz CT molecular complexity index is 463. The number of sulfonamides is 1. The zero-order chi connectivity index (χ0) is 14.3. The molecule has 0 aromatic carbocycles. The van der Waals surface area contributed by atoms with Crippen molar-refractivity contribution in [1.29, 1.82) is 0 Å². The maximum Gasteiger partial charge on any atom is 0.211 e. The van der Waals surface area contributed by atoms with Crippen molar-refractivity contribution in [3.8, 4) is 0 Å². The Kier molecular flexibility index (Phi) is 6.96. The molecule has 1 N–H and O–H groups in total. The Hall–Kier alpha value is -0.460. The Balaban J connectivity index is 2.36. The first-order chi connectivity index (χ1) is 8.89. The van der Waals surface area contributed by atoms with Crippen molar-refractivity contribution in [2.24, 2.45) is 5.92 Å². The summed E-state index contributed by atoms with van der Waals surface area (Å²) in [4.78, 5) is 4.09. The van der Waals surface area contributed by atoms with Crippen LogP contribution in [0.3, 0.4) is 0 Å². The highest BCUT2D eigenvalue weighted by Gasteiger charge is 2.13. The number of alkyl halides is 1. The zero-order valence-corrected chi connectivity index (χ0v) is 13.7. The Morgan fingerprint density at radius 1 is 1.32 bits per heavy atom. The highest BCUT2D eigenvalue weighted by atomic mass is 79.9. The molecule has 0 radical (unpaired) electrons. The second-order valence-corrected chi connectivity index (χ2v) is 8.22. The van der Waals surface area contributed by atoms with Crippen molar-refractivity contribution >= 4 is 26.0 Å². The van der Waals surface area contributed by atoms with E-state index < -0.39 is 10.0 Å². The van der Waals surface area contributed by atoms with E-state index in [1.165, 1.54) is 0 Å². The molecule has 0 spiro atoms. The number of rotatable bonds is 8. The van der Waals surface area contributed by atoms with Crippen LogP contribution < -0.4 is 4.72 Å². The molecule has 1 rings (SSSR count). The van der Waals surface area contributed by atoms with E-state index in [0.717, 1.165) is 12.0 Å². The maximum absolute atomic E-state index is 11.8. The zero-order valence-electron chi connectivity index (χ0n) is 11.3. The summed E-state index contributed by atoms with van der Waals surface area (Å²) in [6, 6.07) is 3.67. The molecule has 1 unspecified atom stereocenters. The largest absolute Gasteiger partial charge is 0.265 e. The third kappa shape index (κ3) is 7.64. The molecule has 4 nitrogen and oxygen atoms in total. The number of hydrogen-bond acceptors (Lipinski definition) is 3. The molecule has 0 aliphatic carbocycles. The minimum atomic E-state index is -3.21. The predicted octanol–water partition coefficient (Wildman–Crippen LogP) is 2.35. The highest BCUT2D eigenvalue weighted by molar-refractivity contribution is 9.09. The molecule has 0 saturated heterocycles. The van der Waals surface area contributed by atoms with Gasteiger partial charge in [-0.25, -0.2) is 13.1 Å². The first kappa shape index (κ1) is 16.6. The minimum Gasteiger partial charge on any atom is -0.265 e. The van der Waals surface area contributed by atoms with Gasteiger partial charge in [-0.1, -0.05) is 29.8 Å². The number of aromatic nitrogens is 1. The van der Waals surface area contributed by atoms with Gasteiger partial charge in [0.2, 0.25) is 10.0 Å². The van der Waals surface area contributed by atoms with Gasteiger partial charge in [0.1, 0.15) is 0 Å². The van der Waals surface area contributed by atoms with E-state index in [0.29, 0.717) is 18.9 Å². The highest BCUT2D eigenvalue weighted by Crippen LogP contribution is 2.12. The monoisotopic (exact) mass is 348 g/mol. The van der Waals surface area contributed by atoms with Crippen molar-refractivity contribution in [2.75, 3.05) is 12.3 Å². The Labute approximate surface area is 124 Å². The predicted molar refractivity (Wildman–Crippen MR) is 81.9 cm³/mol. The smallest absolute Gasteiger partial charge is 0.211 e. The van der Waals surface area contributed by atoms with Gasteiger partial charge in [0.15, 0.2) is 0 Å². The van der Waals surface area contributed by atoms with Crippen molar-refractivity contribution in [3.05, 3.63) is 30.1 Å². The normalized spacial score (nSPS) is 13.7.